The maximum Gasteiger partial charge on any atom is 0.120 e. The third-order valence-electron chi connectivity index (χ3n) is 5.42. The van der Waals surface area contributed by atoms with E-state index < -0.39 is 0 Å². The van der Waals surface area contributed by atoms with Crippen molar-refractivity contribution in [3.8, 4) is 17.0 Å². The van der Waals surface area contributed by atoms with Crippen LogP contribution >= 0.6 is 0 Å². The van der Waals surface area contributed by atoms with Crippen molar-refractivity contribution in [2.45, 2.75) is 32.8 Å². The molecule has 4 aromatic rings. The summed E-state index contributed by atoms with van der Waals surface area (Å²) in [4.78, 5) is 3.66. The Morgan fingerprint density at radius 3 is 2.48 bits per heavy atom. The maximum absolute atomic E-state index is 6.09. The molecule has 29 heavy (non-hydrogen) atoms. The van der Waals surface area contributed by atoms with Gasteiger partial charge in [-0.3, -0.25) is 0 Å². The third-order valence-corrected chi connectivity index (χ3v) is 5.42. The second kappa shape index (κ2) is 8.97. The van der Waals surface area contributed by atoms with Crippen molar-refractivity contribution in [3.05, 3.63) is 89.5 Å². The number of nitrogens with one attached hydrogen (secondary N) is 1. The summed E-state index contributed by atoms with van der Waals surface area (Å²) in [6, 6.07) is 25.2. The summed E-state index contributed by atoms with van der Waals surface area (Å²) in [5, 5.41) is 1.24. The lowest BCUT2D eigenvalue weighted by Crippen LogP contribution is -1.99. The Morgan fingerprint density at radius 1 is 0.897 bits per heavy atom. The quantitative estimate of drug-likeness (QED) is 0.366. The molecule has 0 amide bonds. The molecule has 3 N–H and O–H groups in total. The number of benzene rings is 3. The molecule has 0 aliphatic heterocycles. The molecule has 0 spiro atoms. The van der Waals surface area contributed by atoms with Gasteiger partial charge in [0.25, 0.3) is 0 Å². The fourth-order valence-electron chi connectivity index (χ4n) is 3.85. The molecule has 0 unspecified atom stereocenters. The minimum absolute atomic E-state index is 0.573. The van der Waals surface area contributed by atoms with Crippen LogP contribution in [0.4, 0.5) is 0 Å². The van der Waals surface area contributed by atoms with Gasteiger partial charge in [0.15, 0.2) is 0 Å². The molecule has 0 bridgehead atoms. The Morgan fingerprint density at radius 2 is 1.69 bits per heavy atom. The van der Waals surface area contributed by atoms with Crippen LogP contribution in [0, 0.1) is 6.92 Å². The van der Waals surface area contributed by atoms with Crippen molar-refractivity contribution in [2.24, 2.45) is 5.73 Å². The van der Waals surface area contributed by atoms with Gasteiger partial charge in [0.1, 0.15) is 12.4 Å². The monoisotopic (exact) mass is 384 g/mol. The first kappa shape index (κ1) is 19.3. The van der Waals surface area contributed by atoms with Crippen molar-refractivity contribution in [3.63, 3.8) is 0 Å². The lowest BCUT2D eigenvalue weighted by atomic mass is 9.97. The highest BCUT2D eigenvalue weighted by Gasteiger charge is 2.15. The molecular weight excluding hydrogens is 356 g/mol. The number of nitrogens with two attached hydrogens (primary N) is 1. The van der Waals surface area contributed by atoms with Crippen LogP contribution in [0.25, 0.3) is 22.2 Å². The van der Waals surface area contributed by atoms with Crippen LogP contribution in [0.15, 0.2) is 72.8 Å². The highest BCUT2D eigenvalue weighted by atomic mass is 16.5. The second-order valence-corrected chi connectivity index (χ2v) is 7.52. The average Bonchev–Trinajstić information content (AvgIpc) is 3.11. The van der Waals surface area contributed by atoms with Gasteiger partial charge in [-0.25, -0.2) is 0 Å². The molecule has 0 radical (unpaired) electrons. The Labute approximate surface area is 172 Å². The molecule has 0 saturated heterocycles. The fourth-order valence-corrected chi connectivity index (χ4v) is 3.85. The summed E-state index contributed by atoms with van der Waals surface area (Å²) in [5.41, 5.74) is 13.2. The summed E-state index contributed by atoms with van der Waals surface area (Å²) in [7, 11) is 0. The van der Waals surface area contributed by atoms with Gasteiger partial charge in [0.2, 0.25) is 0 Å². The van der Waals surface area contributed by atoms with Gasteiger partial charge in [-0.1, -0.05) is 54.6 Å². The number of aromatic amines is 1. The summed E-state index contributed by atoms with van der Waals surface area (Å²) in [6.45, 7) is 3.47. The van der Waals surface area contributed by atoms with E-state index in [4.69, 9.17) is 10.5 Å². The number of unbranched alkanes of at least 4 members (excludes halogenated alkanes) is 1. The van der Waals surface area contributed by atoms with E-state index in [1.54, 1.807) is 0 Å². The van der Waals surface area contributed by atoms with E-state index >= 15 is 0 Å². The van der Waals surface area contributed by atoms with Gasteiger partial charge in [-0.15, -0.1) is 0 Å². The normalized spacial score (nSPS) is 11.1. The Bertz CT molecular complexity index is 1080. The van der Waals surface area contributed by atoms with E-state index in [0.717, 1.165) is 37.1 Å². The maximum atomic E-state index is 6.09. The highest BCUT2D eigenvalue weighted by molar-refractivity contribution is 5.92. The number of fused-ring (bicyclic) bond motifs is 1. The molecular formula is C26H28N2O. The number of H-pyrrole nitrogens is 1. The van der Waals surface area contributed by atoms with Gasteiger partial charge in [-0.05, 0) is 67.6 Å². The fraction of sp³-hybridized carbons (Fsp3) is 0.231. The first-order valence-electron chi connectivity index (χ1n) is 10.3. The summed E-state index contributed by atoms with van der Waals surface area (Å²) in [6.07, 6.45) is 3.12. The number of rotatable bonds is 8. The van der Waals surface area contributed by atoms with Crippen LogP contribution in [0.2, 0.25) is 0 Å². The Kier molecular flexibility index (Phi) is 5.97. The van der Waals surface area contributed by atoms with Crippen molar-refractivity contribution >= 4 is 10.9 Å². The molecule has 0 saturated carbocycles. The molecule has 0 aliphatic carbocycles. The Balaban J connectivity index is 1.70. The highest BCUT2D eigenvalue weighted by Crippen LogP contribution is 2.35. The molecule has 148 valence electrons. The first-order valence-corrected chi connectivity index (χ1v) is 10.3. The molecule has 3 heteroatoms. The number of hydrogen-bond donors (Lipinski definition) is 2. The van der Waals surface area contributed by atoms with E-state index in [1.807, 2.05) is 24.3 Å². The predicted octanol–water partition coefficient (Wildman–Crippen LogP) is 6.00. The summed E-state index contributed by atoms with van der Waals surface area (Å²) < 4.78 is 6.09. The number of aromatic nitrogens is 1. The van der Waals surface area contributed by atoms with Gasteiger partial charge in [-0.2, -0.15) is 0 Å². The number of aryl methyl sites for hydroxylation is 2. The molecule has 0 aliphatic rings. The molecule has 1 heterocycles. The van der Waals surface area contributed by atoms with Crippen LogP contribution in [0.3, 0.4) is 0 Å². The van der Waals surface area contributed by atoms with Crippen molar-refractivity contribution < 1.29 is 4.74 Å². The van der Waals surface area contributed by atoms with Gasteiger partial charge in [0, 0.05) is 22.2 Å². The SMILES string of the molecule is Cc1ccccc1-c1[nH]c2ccc(OCc3ccccc3)cc2c1CCCCN. The second-order valence-electron chi connectivity index (χ2n) is 7.52. The zero-order chi connectivity index (χ0) is 20.1. The van der Waals surface area contributed by atoms with Gasteiger partial charge < -0.3 is 15.5 Å². The zero-order valence-corrected chi connectivity index (χ0v) is 16.9. The number of ether oxygens (including phenoxy) is 1. The van der Waals surface area contributed by atoms with E-state index in [9.17, 15) is 0 Å². The van der Waals surface area contributed by atoms with Gasteiger partial charge in [0.05, 0.1) is 0 Å². The lowest BCUT2D eigenvalue weighted by molar-refractivity contribution is 0.306. The predicted molar refractivity (Wildman–Crippen MR) is 121 cm³/mol. The summed E-state index contributed by atoms with van der Waals surface area (Å²) >= 11 is 0. The minimum atomic E-state index is 0.573. The first-order chi connectivity index (χ1) is 14.3. The standard InChI is InChI=1S/C26H28N2O/c1-19-9-5-6-12-22(19)26-23(13-7-8-16-27)24-17-21(14-15-25(24)28-26)29-18-20-10-3-2-4-11-20/h2-6,9-12,14-15,17,28H,7-8,13,16,18,27H2,1H3. The van der Waals surface area contributed by atoms with E-state index in [0.29, 0.717) is 6.61 Å². The molecule has 0 fully saturated rings. The third kappa shape index (κ3) is 4.36. The van der Waals surface area contributed by atoms with E-state index in [1.165, 1.54) is 33.3 Å². The van der Waals surface area contributed by atoms with Crippen LogP contribution in [0.1, 0.15) is 29.5 Å². The van der Waals surface area contributed by atoms with Crippen LogP contribution < -0.4 is 10.5 Å². The van der Waals surface area contributed by atoms with Crippen molar-refractivity contribution in [2.75, 3.05) is 6.54 Å². The average molecular weight is 385 g/mol. The lowest BCUT2D eigenvalue weighted by Gasteiger charge is -2.09. The van der Waals surface area contributed by atoms with Crippen LogP contribution in [0.5, 0.6) is 5.75 Å². The van der Waals surface area contributed by atoms with Gasteiger partial charge >= 0.3 is 0 Å². The number of hydrogen-bond acceptors (Lipinski definition) is 2. The van der Waals surface area contributed by atoms with E-state index in [2.05, 4.69) is 60.4 Å². The van der Waals surface area contributed by atoms with Crippen molar-refractivity contribution in [1.29, 1.82) is 0 Å². The van der Waals surface area contributed by atoms with Crippen LogP contribution in [-0.4, -0.2) is 11.5 Å². The molecule has 0 atom stereocenters. The van der Waals surface area contributed by atoms with E-state index in [-0.39, 0.29) is 0 Å². The molecule has 1 aromatic heterocycles. The molecule has 3 nitrogen and oxygen atoms in total. The Hall–Kier alpha value is -3.04. The zero-order valence-electron chi connectivity index (χ0n) is 16.9. The van der Waals surface area contributed by atoms with Crippen molar-refractivity contribution in [1.82, 2.24) is 4.98 Å². The summed E-state index contributed by atoms with van der Waals surface area (Å²) in [5.74, 6) is 0.900. The smallest absolute Gasteiger partial charge is 0.120 e. The molecule has 3 aromatic carbocycles. The topological polar surface area (TPSA) is 51.0 Å². The molecule has 4 rings (SSSR count). The minimum Gasteiger partial charge on any atom is -0.489 e. The van der Waals surface area contributed by atoms with Crippen LogP contribution in [-0.2, 0) is 13.0 Å². The largest absolute Gasteiger partial charge is 0.489 e.